The zero-order valence-electron chi connectivity index (χ0n) is 14.5. The molecular formula is C17H28N2O5. The number of ether oxygens (including phenoxy) is 3. The fourth-order valence-corrected chi connectivity index (χ4v) is 3.67. The molecular weight excluding hydrogens is 312 g/mol. The van der Waals surface area contributed by atoms with Gasteiger partial charge in [0.05, 0.1) is 19.3 Å². The number of carbonyl (C=O) groups excluding carboxylic acids is 2. The lowest BCUT2D eigenvalue weighted by Crippen LogP contribution is -2.49. The van der Waals surface area contributed by atoms with E-state index in [9.17, 15) is 9.59 Å². The predicted octanol–water partition coefficient (Wildman–Crippen LogP) is 1.41. The third-order valence-electron chi connectivity index (χ3n) is 5.25. The average molecular weight is 340 g/mol. The predicted molar refractivity (Wildman–Crippen MR) is 86.7 cm³/mol. The van der Waals surface area contributed by atoms with Gasteiger partial charge >= 0.3 is 6.09 Å². The molecule has 3 fully saturated rings. The maximum atomic E-state index is 12.3. The Morgan fingerprint density at radius 1 is 1.33 bits per heavy atom. The van der Waals surface area contributed by atoms with Crippen molar-refractivity contribution in [1.82, 2.24) is 9.80 Å². The van der Waals surface area contributed by atoms with Crippen molar-refractivity contribution in [3.8, 4) is 0 Å². The molecule has 0 unspecified atom stereocenters. The largest absolute Gasteiger partial charge is 0.441 e. The molecule has 3 rings (SSSR count). The van der Waals surface area contributed by atoms with E-state index >= 15 is 0 Å². The lowest BCUT2D eigenvalue weighted by molar-refractivity contribution is -0.141. The van der Waals surface area contributed by atoms with E-state index in [4.69, 9.17) is 14.2 Å². The molecule has 0 saturated carbocycles. The average Bonchev–Trinajstić information content (AvgIpc) is 2.91. The number of amides is 2. The lowest BCUT2D eigenvalue weighted by Gasteiger charge is -2.37. The topological polar surface area (TPSA) is 68.3 Å². The van der Waals surface area contributed by atoms with Crippen LogP contribution in [0.3, 0.4) is 0 Å². The number of carbonyl (C=O) groups is 2. The Hall–Kier alpha value is -1.34. The van der Waals surface area contributed by atoms with Crippen molar-refractivity contribution in [3.63, 3.8) is 0 Å². The molecule has 2 amide bonds. The van der Waals surface area contributed by atoms with E-state index in [1.54, 1.807) is 4.90 Å². The highest BCUT2D eigenvalue weighted by Crippen LogP contribution is 2.33. The van der Waals surface area contributed by atoms with Crippen molar-refractivity contribution >= 4 is 12.0 Å². The minimum Gasteiger partial charge on any atom is -0.441 e. The number of likely N-dealkylation sites (tertiary alicyclic amines) is 1. The van der Waals surface area contributed by atoms with Crippen LogP contribution in [0, 0.1) is 0 Å². The summed E-state index contributed by atoms with van der Waals surface area (Å²) in [5.74, 6) is 0.0114. The standard InChI is InChI=1S/C17H28N2O5/c1-2-18-13-17(24-16(18)21)6-8-19(9-7-17)15(20)12-22-11-14-5-3-4-10-23-14/h14H,2-13H2,1H3/t14-/m0/s1. The number of hydrogen-bond acceptors (Lipinski definition) is 5. The van der Waals surface area contributed by atoms with Gasteiger partial charge in [0.1, 0.15) is 12.2 Å². The molecule has 0 aromatic heterocycles. The van der Waals surface area contributed by atoms with Crippen molar-refractivity contribution < 1.29 is 23.8 Å². The second kappa shape index (κ2) is 7.70. The third-order valence-corrected chi connectivity index (χ3v) is 5.25. The van der Waals surface area contributed by atoms with Crippen molar-refractivity contribution in [3.05, 3.63) is 0 Å². The maximum absolute atomic E-state index is 12.3. The Morgan fingerprint density at radius 2 is 2.12 bits per heavy atom. The quantitative estimate of drug-likeness (QED) is 0.757. The highest BCUT2D eigenvalue weighted by atomic mass is 16.6. The van der Waals surface area contributed by atoms with E-state index < -0.39 is 5.60 Å². The van der Waals surface area contributed by atoms with Gasteiger partial charge in [0, 0.05) is 39.1 Å². The summed E-state index contributed by atoms with van der Waals surface area (Å²) in [6.07, 6.45) is 4.61. The first-order valence-electron chi connectivity index (χ1n) is 9.07. The van der Waals surface area contributed by atoms with E-state index in [2.05, 4.69) is 0 Å². The van der Waals surface area contributed by atoms with Crippen LogP contribution in [-0.4, -0.2) is 79.5 Å². The number of rotatable bonds is 5. The fourth-order valence-electron chi connectivity index (χ4n) is 3.67. The molecule has 3 saturated heterocycles. The van der Waals surface area contributed by atoms with Gasteiger partial charge in [-0.25, -0.2) is 4.79 Å². The summed E-state index contributed by atoms with van der Waals surface area (Å²) in [7, 11) is 0. The summed E-state index contributed by atoms with van der Waals surface area (Å²) in [5.41, 5.74) is -0.402. The van der Waals surface area contributed by atoms with E-state index in [0.717, 1.165) is 19.4 Å². The van der Waals surface area contributed by atoms with Gasteiger partial charge in [-0.3, -0.25) is 4.79 Å². The molecule has 0 radical (unpaired) electrons. The molecule has 0 aromatic carbocycles. The minimum absolute atomic E-state index is 0.0114. The van der Waals surface area contributed by atoms with Crippen LogP contribution >= 0.6 is 0 Å². The van der Waals surface area contributed by atoms with Crippen LogP contribution in [0.5, 0.6) is 0 Å². The van der Waals surface area contributed by atoms with Gasteiger partial charge < -0.3 is 24.0 Å². The zero-order chi connectivity index (χ0) is 17.0. The second-order valence-electron chi connectivity index (χ2n) is 6.95. The summed E-state index contributed by atoms with van der Waals surface area (Å²) >= 11 is 0. The second-order valence-corrected chi connectivity index (χ2v) is 6.95. The zero-order valence-corrected chi connectivity index (χ0v) is 14.5. The molecule has 0 aromatic rings. The van der Waals surface area contributed by atoms with Crippen LogP contribution in [0.1, 0.15) is 39.0 Å². The molecule has 7 heteroatoms. The number of nitrogens with zero attached hydrogens (tertiary/aromatic N) is 2. The summed E-state index contributed by atoms with van der Waals surface area (Å²) in [5, 5.41) is 0. The first-order chi connectivity index (χ1) is 11.6. The van der Waals surface area contributed by atoms with E-state index in [-0.39, 0.29) is 24.7 Å². The molecule has 1 spiro atoms. The first kappa shape index (κ1) is 17.5. The lowest BCUT2D eigenvalue weighted by atomic mass is 9.91. The molecule has 3 heterocycles. The van der Waals surface area contributed by atoms with Crippen LogP contribution < -0.4 is 0 Å². The van der Waals surface area contributed by atoms with Crippen LogP contribution in [0.2, 0.25) is 0 Å². The normalized spacial score (nSPS) is 26.7. The third kappa shape index (κ3) is 4.00. The summed E-state index contributed by atoms with van der Waals surface area (Å²) in [4.78, 5) is 27.6. The number of hydrogen-bond donors (Lipinski definition) is 0. The molecule has 1 atom stereocenters. The Bertz CT molecular complexity index is 456. The van der Waals surface area contributed by atoms with Gasteiger partial charge in [0.15, 0.2) is 0 Å². The number of piperidine rings is 1. The van der Waals surface area contributed by atoms with E-state index in [1.807, 2.05) is 11.8 Å². The molecule has 7 nitrogen and oxygen atoms in total. The van der Waals surface area contributed by atoms with E-state index in [1.165, 1.54) is 6.42 Å². The van der Waals surface area contributed by atoms with Crippen LogP contribution in [-0.2, 0) is 19.0 Å². The van der Waals surface area contributed by atoms with Crippen LogP contribution in [0.15, 0.2) is 0 Å². The van der Waals surface area contributed by atoms with Gasteiger partial charge in [-0.15, -0.1) is 0 Å². The molecule has 0 aliphatic carbocycles. The highest BCUT2D eigenvalue weighted by Gasteiger charge is 2.46. The van der Waals surface area contributed by atoms with Crippen molar-refractivity contribution in [2.45, 2.75) is 50.7 Å². The van der Waals surface area contributed by atoms with Crippen LogP contribution in [0.4, 0.5) is 4.79 Å². The molecule has 0 bridgehead atoms. The smallest absolute Gasteiger partial charge is 0.410 e. The Balaban J connectivity index is 1.38. The van der Waals surface area contributed by atoms with Crippen molar-refractivity contribution in [2.75, 3.05) is 46.0 Å². The molecule has 0 N–H and O–H groups in total. The Morgan fingerprint density at radius 3 is 2.75 bits per heavy atom. The minimum atomic E-state index is -0.402. The summed E-state index contributed by atoms with van der Waals surface area (Å²) in [6.45, 7) is 5.89. The van der Waals surface area contributed by atoms with Crippen LogP contribution in [0.25, 0.3) is 0 Å². The van der Waals surface area contributed by atoms with Gasteiger partial charge in [-0.1, -0.05) is 0 Å². The first-order valence-corrected chi connectivity index (χ1v) is 9.07. The summed E-state index contributed by atoms with van der Waals surface area (Å²) < 4.78 is 16.7. The van der Waals surface area contributed by atoms with Crippen molar-refractivity contribution in [1.29, 1.82) is 0 Å². The maximum Gasteiger partial charge on any atom is 0.410 e. The molecule has 3 aliphatic rings. The SMILES string of the molecule is CCN1CC2(CCN(C(=O)COC[C@@H]3CCCCO3)CC2)OC1=O. The van der Waals surface area contributed by atoms with Gasteiger partial charge in [-0.05, 0) is 26.2 Å². The number of likely N-dealkylation sites (N-methyl/N-ethyl adjacent to an activating group) is 1. The van der Waals surface area contributed by atoms with Gasteiger partial charge in [0.25, 0.3) is 0 Å². The van der Waals surface area contributed by atoms with Gasteiger partial charge in [-0.2, -0.15) is 0 Å². The Kier molecular flexibility index (Phi) is 5.61. The highest BCUT2D eigenvalue weighted by molar-refractivity contribution is 5.77. The molecule has 24 heavy (non-hydrogen) atoms. The van der Waals surface area contributed by atoms with Gasteiger partial charge in [0.2, 0.25) is 5.91 Å². The van der Waals surface area contributed by atoms with Crippen molar-refractivity contribution in [2.24, 2.45) is 0 Å². The van der Waals surface area contributed by atoms with E-state index in [0.29, 0.717) is 45.6 Å². The monoisotopic (exact) mass is 340 g/mol. The fraction of sp³-hybridized carbons (Fsp3) is 0.882. The summed E-state index contributed by atoms with van der Waals surface area (Å²) in [6, 6.07) is 0. The molecule has 3 aliphatic heterocycles. The molecule has 136 valence electrons. The Labute approximate surface area is 143 Å².